The fraction of sp³-hybridized carbons (Fsp3) is 0.222. The molecule has 0 unspecified atom stereocenters. The number of carboxylic acid groups (broad SMARTS) is 1. The topological polar surface area (TPSA) is 57.5 Å². The van der Waals surface area contributed by atoms with Crippen LogP contribution in [0.5, 0.6) is 5.75 Å². The van der Waals surface area contributed by atoms with E-state index in [0.717, 1.165) is 5.56 Å². The van der Waals surface area contributed by atoms with E-state index in [-0.39, 0.29) is 17.2 Å². The summed E-state index contributed by atoms with van der Waals surface area (Å²) in [7, 11) is 0. The highest BCUT2D eigenvalue weighted by molar-refractivity contribution is 6.17. The van der Waals surface area contributed by atoms with Gasteiger partial charge in [0, 0.05) is 5.56 Å². The first-order valence-electron chi connectivity index (χ1n) is 3.68. The Hall–Kier alpha value is -1.22. The van der Waals surface area contributed by atoms with Crippen LogP contribution in [0.4, 0.5) is 0 Å². The van der Waals surface area contributed by atoms with Crippen molar-refractivity contribution in [1.29, 1.82) is 0 Å². The number of carboxylic acids is 1. The summed E-state index contributed by atoms with van der Waals surface area (Å²) in [6, 6.07) is 3.07. The summed E-state index contributed by atoms with van der Waals surface area (Å²) in [6.07, 6.45) is 0. The fourth-order valence-corrected chi connectivity index (χ4v) is 1.32. The maximum absolute atomic E-state index is 10.6. The van der Waals surface area contributed by atoms with Gasteiger partial charge in [-0.3, -0.25) is 0 Å². The van der Waals surface area contributed by atoms with Crippen molar-refractivity contribution in [2.24, 2.45) is 0 Å². The molecule has 3 nitrogen and oxygen atoms in total. The smallest absolute Gasteiger partial charge is 0.339 e. The zero-order chi connectivity index (χ0) is 10.0. The molecule has 0 aliphatic carbocycles. The Labute approximate surface area is 80.6 Å². The molecule has 1 aromatic carbocycles. The summed E-state index contributed by atoms with van der Waals surface area (Å²) in [5.41, 5.74) is 1.11. The van der Waals surface area contributed by atoms with Crippen molar-refractivity contribution in [3.8, 4) is 5.75 Å². The van der Waals surface area contributed by atoms with E-state index in [0.29, 0.717) is 5.56 Å². The number of phenols is 1. The van der Waals surface area contributed by atoms with Crippen LogP contribution in [0.1, 0.15) is 21.5 Å². The molecule has 1 aromatic rings. The molecule has 0 radical (unpaired) electrons. The lowest BCUT2D eigenvalue weighted by Crippen LogP contribution is -1.99. The van der Waals surface area contributed by atoms with Crippen LogP contribution in [0.3, 0.4) is 0 Å². The van der Waals surface area contributed by atoms with Gasteiger partial charge in [0.15, 0.2) is 0 Å². The zero-order valence-electron chi connectivity index (χ0n) is 7.04. The Balaban J connectivity index is 3.35. The Kier molecular flexibility index (Phi) is 2.78. The van der Waals surface area contributed by atoms with Gasteiger partial charge in [0.1, 0.15) is 11.3 Å². The second-order valence-electron chi connectivity index (χ2n) is 2.76. The molecule has 0 aliphatic heterocycles. The SMILES string of the molecule is Cc1cc(CCl)c(O)c(C(=O)O)c1. The monoisotopic (exact) mass is 200 g/mol. The van der Waals surface area contributed by atoms with Crippen molar-refractivity contribution in [1.82, 2.24) is 0 Å². The number of carbonyl (C=O) groups is 1. The summed E-state index contributed by atoms with van der Waals surface area (Å²) < 4.78 is 0. The summed E-state index contributed by atoms with van der Waals surface area (Å²) >= 11 is 5.53. The Bertz CT molecular complexity index is 347. The van der Waals surface area contributed by atoms with E-state index in [1.165, 1.54) is 6.07 Å². The molecule has 0 aliphatic rings. The molecule has 0 amide bonds. The molecule has 2 N–H and O–H groups in total. The molecule has 13 heavy (non-hydrogen) atoms. The molecule has 0 saturated carbocycles. The average molecular weight is 201 g/mol. The predicted octanol–water partition coefficient (Wildman–Crippen LogP) is 2.14. The minimum Gasteiger partial charge on any atom is -0.507 e. The molecule has 0 bridgehead atoms. The van der Waals surface area contributed by atoms with Crippen molar-refractivity contribution < 1.29 is 15.0 Å². The number of halogens is 1. The van der Waals surface area contributed by atoms with Gasteiger partial charge in [0.2, 0.25) is 0 Å². The number of hydrogen-bond acceptors (Lipinski definition) is 2. The van der Waals surface area contributed by atoms with Crippen molar-refractivity contribution in [2.75, 3.05) is 0 Å². The molecular weight excluding hydrogens is 192 g/mol. The third kappa shape index (κ3) is 1.92. The lowest BCUT2D eigenvalue weighted by atomic mass is 10.1. The van der Waals surface area contributed by atoms with Crippen LogP contribution in [0.15, 0.2) is 12.1 Å². The summed E-state index contributed by atoms with van der Waals surface area (Å²) in [5.74, 6) is -1.28. The number of aryl methyl sites for hydroxylation is 1. The highest BCUT2D eigenvalue weighted by atomic mass is 35.5. The lowest BCUT2D eigenvalue weighted by molar-refractivity contribution is 0.0693. The summed E-state index contributed by atoms with van der Waals surface area (Å²) in [4.78, 5) is 10.6. The predicted molar refractivity (Wildman–Crippen MR) is 49.4 cm³/mol. The average Bonchev–Trinajstić information content (AvgIpc) is 2.08. The molecular formula is C9H9ClO3. The molecule has 0 heterocycles. The van der Waals surface area contributed by atoms with Crippen LogP contribution >= 0.6 is 11.6 Å². The minimum atomic E-state index is -1.15. The van der Waals surface area contributed by atoms with Gasteiger partial charge in [-0.2, -0.15) is 0 Å². The molecule has 0 fully saturated rings. The lowest BCUT2D eigenvalue weighted by Gasteiger charge is -2.05. The van der Waals surface area contributed by atoms with Crippen LogP contribution in [0.25, 0.3) is 0 Å². The third-order valence-electron chi connectivity index (χ3n) is 1.71. The first-order valence-corrected chi connectivity index (χ1v) is 4.21. The van der Waals surface area contributed by atoms with Crippen molar-refractivity contribution in [3.63, 3.8) is 0 Å². The molecule has 0 spiro atoms. The van der Waals surface area contributed by atoms with E-state index in [4.69, 9.17) is 16.7 Å². The number of rotatable bonds is 2. The first kappa shape index (κ1) is 9.86. The second kappa shape index (κ2) is 3.66. The first-order chi connectivity index (χ1) is 6.06. The Morgan fingerprint density at radius 2 is 2.15 bits per heavy atom. The van der Waals surface area contributed by atoms with E-state index >= 15 is 0 Å². The summed E-state index contributed by atoms with van der Waals surface area (Å²) in [5, 5.41) is 18.1. The number of alkyl halides is 1. The van der Waals surface area contributed by atoms with Gasteiger partial charge >= 0.3 is 5.97 Å². The zero-order valence-corrected chi connectivity index (χ0v) is 7.80. The largest absolute Gasteiger partial charge is 0.507 e. The van der Waals surface area contributed by atoms with Crippen LogP contribution in [-0.4, -0.2) is 16.2 Å². The van der Waals surface area contributed by atoms with Crippen molar-refractivity contribution in [2.45, 2.75) is 12.8 Å². The number of hydrogen-bond donors (Lipinski definition) is 2. The van der Waals surface area contributed by atoms with Gasteiger partial charge in [0.25, 0.3) is 0 Å². The second-order valence-corrected chi connectivity index (χ2v) is 3.03. The molecule has 1 rings (SSSR count). The van der Waals surface area contributed by atoms with Gasteiger partial charge in [-0.05, 0) is 18.6 Å². The van der Waals surface area contributed by atoms with Crippen molar-refractivity contribution in [3.05, 3.63) is 28.8 Å². The maximum atomic E-state index is 10.6. The highest BCUT2D eigenvalue weighted by Crippen LogP contribution is 2.25. The van der Waals surface area contributed by atoms with Gasteiger partial charge in [0.05, 0.1) is 5.88 Å². The third-order valence-corrected chi connectivity index (χ3v) is 2.00. The van der Waals surface area contributed by atoms with Crippen LogP contribution in [-0.2, 0) is 5.88 Å². The van der Waals surface area contributed by atoms with E-state index < -0.39 is 5.97 Å². The van der Waals surface area contributed by atoms with Crippen LogP contribution in [0.2, 0.25) is 0 Å². The van der Waals surface area contributed by atoms with Gasteiger partial charge in [-0.25, -0.2) is 4.79 Å². The normalized spacial score (nSPS) is 10.0. The number of aromatic carboxylic acids is 1. The number of benzene rings is 1. The van der Waals surface area contributed by atoms with E-state index in [1.807, 2.05) is 0 Å². The quantitative estimate of drug-likeness (QED) is 0.720. The highest BCUT2D eigenvalue weighted by Gasteiger charge is 2.13. The molecule has 4 heteroatoms. The van der Waals surface area contributed by atoms with Gasteiger partial charge in [-0.15, -0.1) is 11.6 Å². The summed E-state index contributed by atoms with van der Waals surface area (Å²) in [6.45, 7) is 1.75. The molecule has 0 saturated heterocycles. The van der Waals surface area contributed by atoms with Crippen molar-refractivity contribution >= 4 is 17.6 Å². The molecule has 0 atom stereocenters. The standard InChI is InChI=1S/C9H9ClO3/c1-5-2-6(4-10)8(11)7(3-5)9(12)13/h2-3,11H,4H2,1H3,(H,12,13). The maximum Gasteiger partial charge on any atom is 0.339 e. The fourth-order valence-electron chi connectivity index (χ4n) is 1.12. The van der Waals surface area contributed by atoms with E-state index in [2.05, 4.69) is 0 Å². The van der Waals surface area contributed by atoms with Gasteiger partial charge < -0.3 is 10.2 Å². The van der Waals surface area contributed by atoms with Gasteiger partial charge in [-0.1, -0.05) is 6.07 Å². The van der Waals surface area contributed by atoms with E-state index in [9.17, 15) is 9.90 Å². The minimum absolute atomic E-state index is 0.101. The molecule has 70 valence electrons. The number of aromatic hydroxyl groups is 1. The Morgan fingerprint density at radius 3 is 2.62 bits per heavy atom. The van der Waals surface area contributed by atoms with Crippen LogP contribution < -0.4 is 0 Å². The van der Waals surface area contributed by atoms with E-state index in [1.54, 1.807) is 13.0 Å². The Morgan fingerprint density at radius 1 is 1.54 bits per heavy atom. The van der Waals surface area contributed by atoms with Crippen LogP contribution in [0, 0.1) is 6.92 Å². The molecule has 0 aromatic heterocycles.